The van der Waals surface area contributed by atoms with E-state index in [1.807, 2.05) is 0 Å². The predicted octanol–water partition coefficient (Wildman–Crippen LogP) is 4.03. The molecule has 0 bridgehead atoms. The van der Waals surface area contributed by atoms with Crippen molar-refractivity contribution in [2.45, 2.75) is 24.2 Å². The van der Waals surface area contributed by atoms with Crippen LogP contribution in [0.2, 0.25) is 5.02 Å². The maximum absolute atomic E-state index is 13.4. The van der Waals surface area contributed by atoms with E-state index in [4.69, 9.17) is 30.5 Å². The van der Waals surface area contributed by atoms with Crippen LogP contribution in [0, 0.1) is 0 Å². The molecule has 14 nitrogen and oxygen atoms in total. The van der Waals surface area contributed by atoms with Gasteiger partial charge in [0.2, 0.25) is 5.72 Å². The van der Waals surface area contributed by atoms with Crippen LogP contribution < -0.4 is 11.2 Å². The number of hydrogen-bond donors (Lipinski definition) is 1. The third kappa shape index (κ3) is 6.78. The standard InChI is InChI=1S/C30H22ClN5O9/c31-21-13-7-12-20(16-21)26(38)42-17-30(34-35-32)24(44-28(40)19-10-5-2-6-11-19)23(43-27(39)18-8-3-1-4-9-18)25(45-30)36-15-14-22(37)33-29(36)41/h1-16,23-25H,17H2,(H,33,37,41)/t23-,24+,25-,30-/m1/s1. The van der Waals surface area contributed by atoms with Crippen molar-refractivity contribution in [1.82, 2.24) is 9.55 Å². The van der Waals surface area contributed by atoms with Gasteiger partial charge in [-0.25, -0.2) is 19.2 Å². The molecule has 1 N–H and O–H groups in total. The van der Waals surface area contributed by atoms with Gasteiger partial charge in [0.25, 0.3) is 5.56 Å². The van der Waals surface area contributed by atoms with Gasteiger partial charge in [0.05, 0.1) is 16.7 Å². The number of ether oxygens (including phenoxy) is 4. The van der Waals surface area contributed by atoms with Crippen LogP contribution in [-0.4, -0.2) is 52.0 Å². The second-order valence-electron chi connectivity index (χ2n) is 9.57. The highest BCUT2D eigenvalue weighted by Crippen LogP contribution is 2.42. The van der Waals surface area contributed by atoms with E-state index in [2.05, 4.69) is 15.0 Å². The van der Waals surface area contributed by atoms with Gasteiger partial charge in [-0.2, -0.15) is 0 Å². The molecule has 1 saturated heterocycles. The van der Waals surface area contributed by atoms with E-state index in [1.165, 1.54) is 48.5 Å². The Hall–Kier alpha value is -5.69. The van der Waals surface area contributed by atoms with E-state index in [9.17, 15) is 29.5 Å². The van der Waals surface area contributed by atoms with Gasteiger partial charge in [-0.3, -0.25) is 14.3 Å². The van der Waals surface area contributed by atoms with Gasteiger partial charge >= 0.3 is 23.6 Å². The largest absolute Gasteiger partial charge is 0.459 e. The first-order valence-electron chi connectivity index (χ1n) is 13.2. The first-order chi connectivity index (χ1) is 21.7. The van der Waals surface area contributed by atoms with Crippen LogP contribution in [0.4, 0.5) is 0 Å². The molecule has 1 fully saturated rings. The minimum atomic E-state index is -2.39. The van der Waals surface area contributed by atoms with Crippen molar-refractivity contribution in [3.05, 3.63) is 150 Å². The van der Waals surface area contributed by atoms with Crippen LogP contribution in [0.3, 0.4) is 0 Å². The lowest BCUT2D eigenvalue weighted by Crippen LogP contribution is -2.49. The number of aromatic amines is 1. The number of benzene rings is 3. The molecule has 4 aromatic rings. The number of halogens is 1. The molecule has 45 heavy (non-hydrogen) atoms. The Balaban J connectivity index is 1.61. The van der Waals surface area contributed by atoms with Crippen LogP contribution >= 0.6 is 11.6 Å². The zero-order valence-corrected chi connectivity index (χ0v) is 23.8. The maximum atomic E-state index is 13.4. The number of azide groups is 1. The van der Waals surface area contributed by atoms with Crippen molar-refractivity contribution < 1.29 is 33.3 Å². The van der Waals surface area contributed by atoms with Gasteiger partial charge in [0, 0.05) is 22.2 Å². The Kier molecular flexibility index (Phi) is 9.09. The average molecular weight is 632 g/mol. The van der Waals surface area contributed by atoms with E-state index in [1.54, 1.807) is 36.4 Å². The Morgan fingerprint density at radius 2 is 1.51 bits per heavy atom. The van der Waals surface area contributed by atoms with Crippen molar-refractivity contribution in [1.29, 1.82) is 0 Å². The molecule has 3 aromatic carbocycles. The monoisotopic (exact) mass is 631 g/mol. The molecular formula is C30H22ClN5O9. The SMILES string of the molecule is [N-]=[N+]=N[C@]1(COC(=O)c2cccc(Cl)c2)O[C@@H](n2ccc(=O)[nH]c2=O)[C@H](OC(=O)c2ccccc2)[C@@H]1OC(=O)c1ccccc1. The molecule has 5 rings (SSSR count). The number of hydrogen-bond acceptors (Lipinski definition) is 10. The lowest BCUT2D eigenvalue weighted by Gasteiger charge is -2.29. The van der Waals surface area contributed by atoms with Crippen LogP contribution in [0.1, 0.15) is 37.3 Å². The van der Waals surface area contributed by atoms with Crippen molar-refractivity contribution in [2.75, 3.05) is 6.61 Å². The molecule has 0 unspecified atom stereocenters. The van der Waals surface area contributed by atoms with E-state index in [-0.39, 0.29) is 21.7 Å². The number of nitrogens with zero attached hydrogens (tertiary/aromatic N) is 4. The maximum Gasteiger partial charge on any atom is 0.338 e. The summed E-state index contributed by atoms with van der Waals surface area (Å²) in [4.78, 5) is 69.3. The Labute approximate surface area is 258 Å². The Bertz CT molecular complexity index is 1890. The quantitative estimate of drug-likeness (QED) is 0.0933. The molecule has 1 aromatic heterocycles. The number of aromatic nitrogens is 2. The number of carbonyl (C=O) groups is 3. The summed E-state index contributed by atoms with van der Waals surface area (Å²) in [6.45, 7) is -0.872. The second-order valence-corrected chi connectivity index (χ2v) is 10.0. The predicted molar refractivity (Wildman–Crippen MR) is 156 cm³/mol. The summed E-state index contributed by atoms with van der Waals surface area (Å²) in [5.74, 6) is -2.78. The smallest absolute Gasteiger partial charge is 0.338 e. The molecule has 0 amide bonds. The number of carbonyl (C=O) groups excluding carboxylic acids is 3. The normalized spacial score (nSPS) is 20.4. The van der Waals surface area contributed by atoms with Crippen molar-refractivity contribution in [3.8, 4) is 0 Å². The van der Waals surface area contributed by atoms with E-state index in [0.29, 0.717) is 0 Å². The third-order valence-corrected chi connectivity index (χ3v) is 6.89. The minimum Gasteiger partial charge on any atom is -0.459 e. The van der Waals surface area contributed by atoms with Gasteiger partial charge < -0.3 is 18.9 Å². The first kappa shape index (κ1) is 30.8. The average Bonchev–Trinajstić information content (AvgIpc) is 3.32. The third-order valence-electron chi connectivity index (χ3n) is 6.65. The topological polar surface area (TPSA) is 192 Å². The van der Waals surface area contributed by atoms with Crippen LogP contribution in [-0.2, 0) is 18.9 Å². The van der Waals surface area contributed by atoms with Crippen molar-refractivity contribution in [3.63, 3.8) is 0 Å². The molecule has 1 aliphatic rings. The fourth-order valence-corrected chi connectivity index (χ4v) is 4.75. The van der Waals surface area contributed by atoms with E-state index >= 15 is 0 Å². The fourth-order valence-electron chi connectivity index (χ4n) is 4.56. The minimum absolute atomic E-state index is 0.0369. The van der Waals surface area contributed by atoms with Gasteiger partial charge in [-0.05, 0) is 48.0 Å². The highest BCUT2D eigenvalue weighted by atomic mass is 35.5. The van der Waals surface area contributed by atoms with Crippen LogP contribution in [0.15, 0.2) is 112 Å². The van der Waals surface area contributed by atoms with Crippen LogP contribution in [0.5, 0.6) is 0 Å². The summed E-state index contributed by atoms with van der Waals surface area (Å²) in [7, 11) is 0. The summed E-state index contributed by atoms with van der Waals surface area (Å²) in [5.41, 5.74) is 5.70. The van der Waals surface area contributed by atoms with Crippen molar-refractivity contribution in [2.24, 2.45) is 5.11 Å². The molecule has 1 aliphatic heterocycles. The van der Waals surface area contributed by atoms with E-state index < -0.39 is 59.9 Å². The molecule has 0 saturated carbocycles. The molecule has 0 aliphatic carbocycles. The lowest BCUT2D eigenvalue weighted by molar-refractivity contribution is -0.129. The second kappa shape index (κ2) is 13.3. The number of H-pyrrole nitrogens is 1. The number of rotatable bonds is 9. The molecule has 228 valence electrons. The van der Waals surface area contributed by atoms with Gasteiger partial charge in [0.15, 0.2) is 18.4 Å². The molecule has 0 radical (unpaired) electrons. The molecule has 4 atom stereocenters. The molecule has 2 heterocycles. The zero-order valence-electron chi connectivity index (χ0n) is 23.0. The lowest BCUT2D eigenvalue weighted by atomic mass is 10.0. The summed E-state index contributed by atoms with van der Waals surface area (Å²) in [6.07, 6.45) is -4.10. The summed E-state index contributed by atoms with van der Waals surface area (Å²) in [5, 5.41) is 3.96. The molecule has 15 heteroatoms. The highest BCUT2D eigenvalue weighted by molar-refractivity contribution is 6.30. The first-order valence-corrected chi connectivity index (χ1v) is 13.6. The van der Waals surface area contributed by atoms with E-state index in [0.717, 1.165) is 16.8 Å². The summed E-state index contributed by atoms with van der Waals surface area (Å²) >= 11 is 6.00. The summed E-state index contributed by atoms with van der Waals surface area (Å²) in [6, 6.07) is 22.3. The highest BCUT2D eigenvalue weighted by Gasteiger charge is 2.61. The van der Waals surface area contributed by atoms with Gasteiger partial charge in [-0.15, -0.1) is 0 Å². The Morgan fingerprint density at radius 1 is 0.889 bits per heavy atom. The van der Waals surface area contributed by atoms with Crippen LogP contribution in [0.25, 0.3) is 10.4 Å². The fraction of sp³-hybridized carbons (Fsp3) is 0.167. The zero-order chi connectivity index (χ0) is 32.0. The summed E-state index contributed by atoms with van der Waals surface area (Å²) < 4.78 is 23.9. The molecular weight excluding hydrogens is 610 g/mol. The number of esters is 3. The number of nitrogens with one attached hydrogen (secondary N) is 1. The van der Waals surface area contributed by atoms with Gasteiger partial charge in [-0.1, -0.05) is 59.2 Å². The van der Waals surface area contributed by atoms with Crippen molar-refractivity contribution >= 4 is 29.5 Å². The van der Waals surface area contributed by atoms with Gasteiger partial charge in [0.1, 0.15) is 6.61 Å². The Morgan fingerprint density at radius 3 is 2.11 bits per heavy atom. The molecule has 0 spiro atoms.